The molecule has 2 aromatic carbocycles. The van der Waals surface area contributed by atoms with Crippen LogP contribution >= 0.6 is 22.9 Å². The van der Waals surface area contributed by atoms with Gasteiger partial charge in [0.2, 0.25) is 15.9 Å². The zero-order chi connectivity index (χ0) is 24.1. The van der Waals surface area contributed by atoms with Gasteiger partial charge in [-0.15, -0.1) is 10.2 Å². The van der Waals surface area contributed by atoms with Crippen molar-refractivity contribution in [2.24, 2.45) is 5.92 Å². The summed E-state index contributed by atoms with van der Waals surface area (Å²) < 4.78 is 5.28. The molecule has 1 saturated heterocycles. The monoisotopic (exact) mass is 499 g/mol. The van der Waals surface area contributed by atoms with Crippen LogP contribution in [0, 0.1) is 5.92 Å². The number of aromatic nitrogens is 2. The number of amides is 3. The van der Waals surface area contributed by atoms with Crippen molar-refractivity contribution in [1.29, 1.82) is 0 Å². The van der Waals surface area contributed by atoms with Gasteiger partial charge in [0, 0.05) is 23.8 Å². The van der Waals surface area contributed by atoms with Crippen LogP contribution in [0.4, 0.5) is 11.4 Å². The van der Waals surface area contributed by atoms with Gasteiger partial charge < -0.3 is 20.3 Å². The molecular weight excluding hydrogens is 478 g/mol. The zero-order valence-corrected chi connectivity index (χ0v) is 19.9. The molecule has 1 fully saturated rings. The summed E-state index contributed by atoms with van der Waals surface area (Å²) in [6, 6.07) is 13.9. The van der Waals surface area contributed by atoms with Gasteiger partial charge in [-0.1, -0.05) is 41.1 Å². The summed E-state index contributed by atoms with van der Waals surface area (Å²) in [6.45, 7) is 0.754. The second-order valence-electron chi connectivity index (χ2n) is 7.66. The van der Waals surface area contributed by atoms with Gasteiger partial charge >= 0.3 is 0 Å². The Balaban J connectivity index is 1.39. The zero-order valence-electron chi connectivity index (χ0n) is 18.3. The molecule has 176 valence electrons. The van der Waals surface area contributed by atoms with Crippen LogP contribution in [0.25, 0.3) is 0 Å². The molecule has 1 aromatic heterocycles. The number of methoxy groups -OCH3 is 1. The summed E-state index contributed by atoms with van der Waals surface area (Å²) in [5.41, 5.74) is 1.10. The summed E-state index contributed by atoms with van der Waals surface area (Å²) in [7, 11) is 1.54. The SMILES string of the molecule is COc1ccccc1NC(=O)[C@@H]1CCCN(C(=O)c2nnc(C(=O)Nc3cccc(Cl)c3)s2)C1. The molecular formula is C23H22ClN5O4S. The lowest BCUT2D eigenvalue weighted by molar-refractivity contribution is -0.121. The summed E-state index contributed by atoms with van der Waals surface area (Å²) in [5.74, 6) is -0.820. The third kappa shape index (κ3) is 5.52. The minimum atomic E-state index is -0.480. The van der Waals surface area contributed by atoms with Crippen molar-refractivity contribution in [3.8, 4) is 5.75 Å². The van der Waals surface area contributed by atoms with Crippen LogP contribution in [-0.2, 0) is 4.79 Å². The van der Waals surface area contributed by atoms with Crippen molar-refractivity contribution in [3.63, 3.8) is 0 Å². The standard InChI is InChI=1S/C23H22ClN5O4S/c1-33-18-10-3-2-9-17(18)26-19(30)14-6-5-11-29(13-14)23(32)22-28-27-21(34-22)20(31)25-16-8-4-7-15(24)12-16/h2-4,7-10,12,14H,5-6,11,13H2,1H3,(H,25,31)(H,26,30)/t14-/m1/s1. The van der Waals surface area contributed by atoms with Gasteiger partial charge in [-0.05, 0) is 43.2 Å². The van der Waals surface area contributed by atoms with E-state index in [1.165, 1.54) is 7.11 Å². The maximum atomic E-state index is 13.0. The first-order chi connectivity index (χ1) is 16.4. The quantitative estimate of drug-likeness (QED) is 0.531. The van der Waals surface area contributed by atoms with E-state index in [1.54, 1.807) is 41.3 Å². The Kier molecular flexibility index (Phi) is 7.39. The fourth-order valence-electron chi connectivity index (χ4n) is 3.65. The van der Waals surface area contributed by atoms with Crippen LogP contribution in [0.5, 0.6) is 5.75 Å². The third-order valence-corrected chi connectivity index (χ3v) is 6.47. The van der Waals surface area contributed by atoms with E-state index in [-0.39, 0.29) is 34.3 Å². The molecule has 0 radical (unpaired) electrons. The van der Waals surface area contributed by atoms with Gasteiger partial charge in [-0.25, -0.2) is 0 Å². The lowest BCUT2D eigenvalue weighted by Gasteiger charge is -2.31. The van der Waals surface area contributed by atoms with E-state index in [0.717, 1.165) is 11.3 Å². The van der Waals surface area contributed by atoms with Crippen molar-refractivity contribution in [2.75, 3.05) is 30.8 Å². The number of carbonyl (C=O) groups is 3. The minimum Gasteiger partial charge on any atom is -0.495 e. The first kappa shape index (κ1) is 23.7. The summed E-state index contributed by atoms with van der Waals surface area (Å²) in [6.07, 6.45) is 1.34. The van der Waals surface area contributed by atoms with Crippen molar-refractivity contribution in [2.45, 2.75) is 12.8 Å². The maximum Gasteiger partial charge on any atom is 0.286 e. The molecule has 2 N–H and O–H groups in total. The molecule has 11 heteroatoms. The average molecular weight is 500 g/mol. The smallest absolute Gasteiger partial charge is 0.286 e. The van der Waals surface area contributed by atoms with Gasteiger partial charge in [0.05, 0.1) is 18.7 Å². The molecule has 34 heavy (non-hydrogen) atoms. The largest absolute Gasteiger partial charge is 0.495 e. The van der Waals surface area contributed by atoms with E-state index >= 15 is 0 Å². The predicted octanol–water partition coefficient (Wildman–Crippen LogP) is 3.94. The fourth-order valence-corrected chi connectivity index (χ4v) is 4.54. The molecule has 1 atom stereocenters. The highest BCUT2D eigenvalue weighted by atomic mass is 35.5. The number of anilines is 2. The van der Waals surface area contributed by atoms with Gasteiger partial charge in [0.15, 0.2) is 0 Å². The molecule has 9 nitrogen and oxygen atoms in total. The number of halogens is 1. The Morgan fingerprint density at radius 1 is 1.09 bits per heavy atom. The number of benzene rings is 2. The third-order valence-electron chi connectivity index (χ3n) is 5.33. The Morgan fingerprint density at radius 2 is 1.88 bits per heavy atom. The summed E-state index contributed by atoms with van der Waals surface area (Å²) >= 11 is 6.85. The van der Waals surface area contributed by atoms with Crippen LogP contribution in [0.2, 0.25) is 5.02 Å². The molecule has 1 aliphatic heterocycles. The number of nitrogens with one attached hydrogen (secondary N) is 2. The lowest BCUT2D eigenvalue weighted by atomic mass is 9.97. The number of likely N-dealkylation sites (tertiary alicyclic amines) is 1. The molecule has 3 aromatic rings. The Bertz CT molecular complexity index is 1220. The molecule has 0 saturated carbocycles. The number of nitrogens with zero attached hydrogens (tertiary/aromatic N) is 3. The van der Waals surface area contributed by atoms with Crippen molar-refractivity contribution in [3.05, 3.63) is 63.6 Å². The topological polar surface area (TPSA) is 114 Å². The highest BCUT2D eigenvalue weighted by Crippen LogP contribution is 2.26. The number of piperidine rings is 1. The number of carbonyl (C=O) groups excluding carboxylic acids is 3. The second-order valence-corrected chi connectivity index (χ2v) is 9.07. The van der Waals surface area contributed by atoms with Gasteiger partial charge in [-0.2, -0.15) is 0 Å². The number of hydrogen-bond donors (Lipinski definition) is 2. The van der Waals surface area contributed by atoms with E-state index in [2.05, 4.69) is 20.8 Å². The molecule has 0 bridgehead atoms. The van der Waals surface area contributed by atoms with Crippen LogP contribution in [-0.4, -0.2) is 53.0 Å². The van der Waals surface area contributed by atoms with E-state index in [0.29, 0.717) is 41.5 Å². The fraction of sp³-hybridized carbons (Fsp3) is 0.261. The number of ether oxygens (including phenoxy) is 1. The van der Waals surface area contributed by atoms with Gasteiger partial charge in [-0.3, -0.25) is 14.4 Å². The van der Waals surface area contributed by atoms with Crippen LogP contribution in [0.1, 0.15) is 32.4 Å². The van der Waals surface area contributed by atoms with Gasteiger partial charge in [0.1, 0.15) is 5.75 Å². The Morgan fingerprint density at radius 3 is 2.68 bits per heavy atom. The summed E-state index contributed by atoms with van der Waals surface area (Å²) in [4.78, 5) is 39.9. The number of para-hydroxylation sites is 2. The normalized spacial score (nSPS) is 15.5. The molecule has 4 rings (SSSR count). The van der Waals surface area contributed by atoms with Crippen molar-refractivity contribution >= 4 is 52.0 Å². The molecule has 2 heterocycles. The maximum absolute atomic E-state index is 13.0. The Labute approximate surface area is 205 Å². The predicted molar refractivity (Wildman–Crippen MR) is 130 cm³/mol. The molecule has 3 amide bonds. The highest BCUT2D eigenvalue weighted by molar-refractivity contribution is 7.15. The summed E-state index contributed by atoms with van der Waals surface area (Å²) in [5, 5.41) is 14.0. The van der Waals surface area contributed by atoms with Crippen molar-refractivity contribution in [1.82, 2.24) is 15.1 Å². The van der Waals surface area contributed by atoms with E-state index < -0.39 is 5.91 Å². The second kappa shape index (κ2) is 10.6. The average Bonchev–Trinajstić information content (AvgIpc) is 3.34. The van der Waals surface area contributed by atoms with Gasteiger partial charge in [0.25, 0.3) is 11.8 Å². The lowest BCUT2D eigenvalue weighted by Crippen LogP contribution is -2.43. The molecule has 1 aliphatic rings. The van der Waals surface area contributed by atoms with E-state index in [9.17, 15) is 14.4 Å². The molecule has 0 aliphatic carbocycles. The first-order valence-corrected chi connectivity index (χ1v) is 11.8. The van der Waals surface area contributed by atoms with E-state index in [1.807, 2.05) is 12.1 Å². The number of rotatable bonds is 6. The Hall–Kier alpha value is -3.50. The highest BCUT2D eigenvalue weighted by Gasteiger charge is 2.31. The molecule has 0 spiro atoms. The van der Waals surface area contributed by atoms with Crippen molar-refractivity contribution < 1.29 is 19.1 Å². The van der Waals surface area contributed by atoms with Crippen LogP contribution in [0.3, 0.4) is 0 Å². The molecule has 0 unspecified atom stereocenters. The minimum absolute atomic E-state index is 0.0609. The van der Waals surface area contributed by atoms with E-state index in [4.69, 9.17) is 16.3 Å². The van der Waals surface area contributed by atoms with Crippen LogP contribution in [0.15, 0.2) is 48.5 Å². The van der Waals surface area contributed by atoms with Crippen LogP contribution < -0.4 is 15.4 Å². The number of hydrogen-bond acceptors (Lipinski definition) is 7. The first-order valence-electron chi connectivity index (χ1n) is 10.6.